The summed E-state index contributed by atoms with van der Waals surface area (Å²) in [4.78, 5) is 18.9. The SMILES string of the molecule is O=C(COc1c(-c2csc(N3CCOCC3)n2)ccc(F)c1F)NC1CCNCC1. The van der Waals surface area contributed by atoms with E-state index in [0.717, 1.165) is 50.2 Å². The van der Waals surface area contributed by atoms with Gasteiger partial charge in [-0.25, -0.2) is 9.37 Å². The molecule has 0 radical (unpaired) electrons. The highest BCUT2D eigenvalue weighted by Crippen LogP contribution is 2.36. The molecule has 0 spiro atoms. The van der Waals surface area contributed by atoms with Gasteiger partial charge in [0.15, 0.2) is 23.3 Å². The molecular formula is C20H24F2N4O3S. The van der Waals surface area contributed by atoms with Gasteiger partial charge in [0.1, 0.15) is 0 Å². The summed E-state index contributed by atoms with van der Waals surface area (Å²) in [5.74, 6) is -2.81. The molecule has 7 nitrogen and oxygen atoms in total. The van der Waals surface area contributed by atoms with E-state index in [0.29, 0.717) is 24.5 Å². The van der Waals surface area contributed by atoms with E-state index in [-0.39, 0.29) is 17.7 Å². The van der Waals surface area contributed by atoms with Crippen molar-refractivity contribution in [3.63, 3.8) is 0 Å². The van der Waals surface area contributed by atoms with Crippen LogP contribution in [0.1, 0.15) is 12.8 Å². The molecule has 1 aromatic heterocycles. The zero-order valence-corrected chi connectivity index (χ0v) is 17.3. The maximum Gasteiger partial charge on any atom is 0.258 e. The molecule has 2 N–H and O–H groups in total. The fourth-order valence-corrected chi connectivity index (χ4v) is 4.42. The number of nitrogens with zero attached hydrogens (tertiary/aromatic N) is 2. The number of anilines is 1. The van der Waals surface area contributed by atoms with Crippen molar-refractivity contribution >= 4 is 22.4 Å². The van der Waals surface area contributed by atoms with Crippen molar-refractivity contribution in [2.75, 3.05) is 50.9 Å². The molecule has 10 heteroatoms. The van der Waals surface area contributed by atoms with Crippen LogP contribution in [0.4, 0.5) is 13.9 Å². The van der Waals surface area contributed by atoms with E-state index in [1.807, 2.05) is 0 Å². The molecule has 0 unspecified atom stereocenters. The van der Waals surface area contributed by atoms with Crippen molar-refractivity contribution in [1.82, 2.24) is 15.6 Å². The number of carbonyl (C=O) groups excluding carboxylic acids is 1. The van der Waals surface area contributed by atoms with Crippen LogP contribution in [0.15, 0.2) is 17.5 Å². The first kappa shape index (κ1) is 21.0. The highest BCUT2D eigenvalue weighted by molar-refractivity contribution is 7.14. The Balaban J connectivity index is 1.48. The van der Waals surface area contributed by atoms with Crippen LogP contribution in [0.2, 0.25) is 0 Å². The van der Waals surface area contributed by atoms with Gasteiger partial charge in [-0.1, -0.05) is 0 Å². The Hall–Kier alpha value is -2.30. The minimum atomic E-state index is -1.12. The van der Waals surface area contributed by atoms with E-state index in [1.165, 1.54) is 17.4 Å². The number of halogens is 2. The summed E-state index contributed by atoms with van der Waals surface area (Å²) in [6, 6.07) is 2.53. The normalized spacial score (nSPS) is 17.7. The van der Waals surface area contributed by atoms with Gasteiger partial charge in [-0.05, 0) is 38.1 Å². The van der Waals surface area contributed by atoms with E-state index in [9.17, 15) is 13.6 Å². The molecule has 2 aromatic rings. The molecule has 162 valence electrons. The van der Waals surface area contributed by atoms with E-state index in [4.69, 9.17) is 9.47 Å². The van der Waals surface area contributed by atoms with Crippen LogP contribution in [0.25, 0.3) is 11.3 Å². The van der Waals surface area contributed by atoms with Crippen LogP contribution in [0.5, 0.6) is 5.75 Å². The maximum absolute atomic E-state index is 14.5. The van der Waals surface area contributed by atoms with Crippen molar-refractivity contribution in [1.29, 1.82) is 0 Å². The number of ether oxygens (including phenoxy) is 2. The second-order valence-corrected chi connectivity index (χ2v) is 8.07. The summed E-state index contributed by atoms with van der Waals surface area (Å²) < 4.78 is 39.2. The summed E-state index contributed by atoms with van der Waals surface area (Å²) in [6.07, 6.45) is 1.66. The zero-order chi connectivity index (χ0) is 20.9. The number of amides is 1. The predicted molar refractivity (Wildman–Crippen MR) is 110 cm³/mol. The molecule has 1 amide bonds. The summed E-state index contributed by atoms with van der Waals surface area (Å²) in [5, 5.41) is 8.66. The van der Waals surface area contributed by atoms with Crippen LogP contribution in [0, 0.1) is 11.6 Å². The number of hydrogen-bond donors (Lipinski definition) is 2. The quantitative estimate of drug-likeness (QED) is 0.720. The van der Waals surface area contributed by atoms with Gasteiger partial charge in [-0.2, -0.15) is 4.39 Å². The van der Waals surface area contributed by atoms with E-state index in [1.54, 1.807) is 5.38 Å². The Kier molecular flexibility index (Phi) is 6.76. The number of nitrogens with one attached hydrogen (secondary N) is 2. The zero-order valence-electron chi connectivity index (χ0n) is 16.5. The van der Waals surface area contributed by atoms with Gasteiger partial charge in [-0.15, -0.1) is 11.3 Å². The summed E-state index contributed by atoms with van der Waals surface area (Å²) in [5.41, 5.74) is 0.800. The van der Waals surface area contributed by atoms with Crippen molar-refractivity contribution in [2.24, 2.45) is 0 Å². The fourth-order valence-electron chi connectivity index (χ4n) is 3.54. The molecule has 0 aliphatic carbocycles. The van der Waals surface area contributed by atoms with Crippen molar-refractivity contribution in [2.45, 2.75) is 18.9 Å². The van der Waals surface area contributed by atoms with Gasteiger partial charge < -0.3 is 25.0 Å². The Morgan fingerprint density at radius 3 is 2.83 bits per heavy atom. The minimum Gasteiger partial charge on any atom is -0.480 e. The van der Waals surface area contributed by atoms with Gasteiger partial charge in [0.05, 0.1) is 18.9 Å². The second-order valence-electron chi connectivity index (χ2n) is 7.23. The predicted octanol–water partition coefficient (Wildman–Crippen LogP) is 2.17. The van der Waals surface area contributed by atoms with Crippen molar-refractivity contribution in [3.8, 4) is 17.0 Å². The summed E-state index contributed by atoms with van der Waals surface area (Å²) in [6.45, 7) is 3.99. The van der Waals surface area contributed by atoms with Crippen LogP contribution >= 0.6 is 11.3 Å². The molecular weight excluding hydrogens is 414 g/mol. The molecule has 0 atom stereocenters. The molecule has 1 aromatic carbocycles. The van der Waals surface area contributed by atoms with Gasteiger partial charge in [-0.3, -0.25) is 4.79 Å². The number of hydrogen-bond acceptors (Lipinski definition) is 7. The lowest BCUT2D eigenvalue weighted by Crippen LogP contribution is -2.44. The number of rotatable bonds is 6. The van der Waals surface area contributed by atoms with Gasteiger partial charge in [0, 0.05) is 30.1 Å². The van der Waals surface area contributed by atoms with Crippen LogP contribution in [0.3, 0.4) is 0 Å². The number of morpholine rings is 1. The van der Waals surface area contributed by atoms with Crippen molar-refractivity contribution in [3.05, 3.63) is 29.1 Å². The van der Waals surface area contributed by atoms with Crippen LogP contribution < -0.4 is 20.3 Å². The maximum atomic E-state index is 14.5. The van der Waals surface area contributed by atoms with Crippen LogP contribution in [-0.4, -0.2) is 62.9 Å². The van der Waals surface area contributed by atoms with Gasteiger partial charge in [0.25, 0.3) is 5.91 Å². The average molecular weight is 439 g/mol. The van der Waals surface area contributed by atoms with E-state index >= 15 is 0 Å². The number of carbonyl (C=O) groups is 1. The molecule has 30 heavy (non-hydrogen) atoms. The summed E-state index contributed by atoms with van der Waals surface area (Å²) >= 11 is 1.42. The first-order chi connectivity index (χ1) is 14.6. The number of thiazole rings is 1. The average Bonchev–Trinajstić information content (AvgIpc) is 3.26. The minimum absolute atomic E-state index is 0.0637. The second kappa shape index (κ2) is 9.67. The molecule has 2 saturated heterocycles. The van der Waals surface area contributed by atoms with Crippen LogP contribution in [-0.2, 0) is 9.53 Å². The number of aromatic nitrogens is 1. The highest BCUT2D eigenvalue weighted by Gasteiger charge is 2.22. The van der Waals surface area contributed by atoms with E-state index in [2.05, 4.69) is 20.5 Å². The lowest BCUT2D eigenvalue weighted by atomic mass is 10.1. The Morgan fingerprint density at radius 2 is 2.07 bits per heavy atom. The molecule has 2 fully saturated rings. The molecule has 4 rings (SSSR count). The Morgan fingerprint density at radius 1 is 1.30 bits per heavy atom. The largest absolute Gasteiger partial charge is 0.480 e. The molecule has 2 aliphatic rings. The summed E-state index contributed by atoms with van der Waals surface area (Å²) in [7, 11) is 0. The van der Waals surface area contributed by atoms with Gasteiger partial charge in [0.2, 0.25) is 5.82 Å². The Labute approximate surface area is 177 Å². The first-order valence-electron chi connectivity index (χ1n) is 10.0. The Bertz CT molecular complexity index is 883. The molecule has 0 saturated carbocycles. The lowest BCUT2D eigenvalue weighted by molar-refractivity contribution is -0.124. The topological polar surface area (TPSA) is 75.7 Å². The molecule has 0 bridgehead atoms. The van der Waals surface area contributed by atoms with Gasteiger partial charge >= 0.3 is 0 Å². The van der Waals surface area contributed by atoms with E-state index < -0.39 is 18.2 Å². The third kappa shape index (κ3) is 4.88. The third-order valence-electron chi connectivity index (χ3n) is 5.15. The smallest absolute Gasteiger partial charge is 0.258 e. The third-order valence-corrected chi connectivity index (χ3v) is 6.05. The number of piperidine rings is 1. The fraction of sp³-hybridized carbons (Fsp3) is 0.500. The molecule has 3 heterocycles. The monoisotopic (exact) mass is 438 g/mol. The lowest BCUT2D eigenvalue weighted by Gasteiger charge is -2.26. The molecule has 2 aliphatic heterocycles. The standard InChI is InChI=1S/C20H24F2N4O3S/c21-15-2-1-14(16-12-30-20(25-16)26-7-9-28-10-8-26)19(18(15)22)29-11-17(27)24-13-3-5-23-6-4-13/h1-2,12-13,23H,3-11H2,(H,24,27). The number of benzene rings is 1. The van der Waals surface area contributed by atoms with Crippen molar-refractivity contribution < 1.29 is 23.0 Å². The highest BCUT2D eigenvalue weighted by atomic mass is 32.1. The first-order valence-corrected chi connectivity index (χ1v) is 10.9.